The summed E-state index contributed by atoms with van der Waals surface area (Å²) in [7, 11) is -3.55. The fraction of sp³-hybridized carbons (Fsp3) is 0.462. The van der Waals surface area contributed by atoms with Gasteiger partial charge in [-0.05, 0) is 31.4 Å². The molecule has 0 heterocycles. The van der Waals surface area contributed by atoms with Crippen LogP contribution in [0.1, 0.15) is 25.7 Å². The smallest absolute Gasteiger partial charge is 0.306 e. The molecule has 104 valence electrons. The molecule has 1 aliphatic carbocycles. The van der Waals surface area contributed by atoms with Crippen molar-refractivity contribution >= 4 is 16.0 Å². The van der Waals surface area contributed by atoms with Gasteiger partial charge in [0.15, 0.2) is 0 Å². The summed E-state index contributed by atoms with van der Waals surface area (Å²) in [5.74, 6) is -1.29. The molecule has 2 N–H and O–H groups in total. The number of hydrogen-bond donors (Lipinski definition) is 2. The van der Waals surface area contributed by atoms with Crippen LogP contribution in [0.4, 0.5) is 0 Å². The highest BCUT2D eigenvalue weighted by Crippen LogP contribution is 2.25. The van der Waals surface area contributed by atoms with Crippen LogP contribution in [0.15, 0.2) is 35.2 Å². The maximum atomic E-state index is 12.1. The van der Waals surface area contributed by atoms with Crippen molar-refractivity contribution in [3.63, 3.8) is 0 Å². The average Bonchev–Trinajstić information content (AvgIpc) is 2.39. The molecule has 0 aliphatic heterocycles. The average molecular weight is 283 g/mol. The fourth-order valence-electron chi connectivity index (χ4n) is 2.41. The monoisotopic (exact) mass is 283 g/mol. The van der Waals surface area contributed by atoms with E-state index < -0.39 is 21.9 Å². The van der Waals surface area contributed by atoms with Gasteiger partial charge in [0.05, 0.1) is 10.8 Å². The summed E-state index contributed by atoms with van der Waals surface area (Å²) in [4.78, 5) is 11.2. The molecule has 1 fully saturated rings. The van der Waals surface area contributed by atoms with Gasteiger partial charge < -0.3 is 5.11 Å². The van der Waals surface area contributed by atoms with Gasteiger partial charge in [-0.1, -0.05) is 24.6 Å². The van der Waals surface area contributed by atoms with Crippen molar-refractivity contribution in [3.05, 3.63) is 30.3 Å². The van der Waals surface area contributed by atoms with Crippen molar-refractivity contribution < 1.29 is 18.3 Å². The zero-order valence-corrected chi connectivity index (χ0v) is 11.3. The highest BCUT2D eigenvalue weighted by molar-refractivity contribution is 7.89. The van der Waals surface area contributed by atoms with Gasteiger partial charge in [0, 0.05) is 6.04 Å². The minimum Gasteiger partial charge on any atom is -0.481 e. The fourth-order valence-corrected chi connectivity index (χ4v) is 3.71. The molecule has 5 nitrogen and oxygen atoms in total. The lowest BCUT2D eigenvalue weighted by molar-refractivity contribution is -0.143. The highest BCUT2D eigenvalue weighted by atomic mass is 32.2. The van der Waals surface area contributed by atoms with E-state index in [1.54, 1.807) is 18.2 Å². The first-order valence-corrected chi connectivity index (χ1v) is 7.77. The molecule has 1 saturated carbocycles. The zero-order chi connectivity index (χ0) is 13.9. The van der Waals surface area contributed by atoms with Crippen molar-refractivity contribution in [3.8, 4) is 0 Å². The van der Waals surface area contributed by atoms with Gasteiger partial charge in [-0.15, -0.1) is 0 Å². The van der Waals surface area contributed by atoms with E-state index in [0.29, 0.717) is 19.3 Å². The molecule has 1 aromatic carbocycles. The first-order valence-electron chi connectivity index (χ1n) is 6.29. The van der Waals surface area contributed by atoms with Crippen molar-refractivity contribution in [1.29, 1.82) is 0 Å². The van der Waals surface area contributed by atoms with E-state index in [0.717, 1.165) is 6.42 Å². The van der Waals surface area contributed by atoms with Crippen LogP contribution in [0, 0.1) is 5.92 Å². The van der Waals surface area contributed by atoms with E-state index in [9.17, 15) is 13.2 Å². The Balaban J connectivity index is 2.06. The number of carboxylic acid groups (broad SMARTS) is 1. The van der Waals surface area contributed by atoms with Crippen molar-refractivity contribution in [2.75, 3.05) is 0 Å². The maximum Gasteiger partial charge on any atom is 0.306 e. The number of sulfonamides is 1. The van der Waals surface area contributed by atoms with Crippen LogP contribution < -0.4 is 4.72 Å². The predicted octanol–water partition coefficient (Wildman–Crippen LogP) is 1.61. The van der Waals surface area contributed by atoms with E-state index >= 15 is 0 Å². The molecule has 1 aliphatic rings. The Morgan fingerprint density at radius 2 is 1.89 bits per heavy atom. The minimum atomic E-state index is -3.55. The first-order chi connectivity index (χ1) is 8.99. The summed E-state index contributed by atoms with van der Waals surface area (Å²) in [6.07, 6.45) is 2.41. The van der Waals surface area contributed by atoms with Crippen LogP contribution in [0.5, 0.6) is 0 Å². The van der Waals surface area contributed by atoms with Gasteiger partial charge in [0.1, 0.15) is 0 Å². The van der Waals surface area contributed by atoms with Crippen LogP contribution in [-0.2, 0) is 14.8 Å². The molecule has 1 aromatic rings. The molecule has 2 rings (SSSR count). The second kappa shape index (κ2) is 5.71. The van der Waals surface area contributed by atoms with Gasteiger partial charge in [0.2, 0.25) is 10.0 Å². The molecule has 6 heteroatoms. The standard InChI is InChI=1S/C13H17NO4S/c15-13(16)10-5-4-6-11(9-10)14-19(17,18)12-7-2-1-3-8-12/h1-3,7-8,10-11,14H,4-6,9H2,(H,15,16). The Morgan fingerprint density at radius 1 is 1.21 bits per heavy atom. The third-order valence-electron chi connectivity index (χ3n) is 3.40. The summed E-state index contributed by atoms with van der Waals surface area (Å²) in [5.41, 5.74) is 0. The molecular weight excluding hydrogens is 266 g/mol. The third kappa shape index (κ3) is 3.54. The quantitative estimate of drug-likeness (QED) is 0.879. The summed E-state index contributed by atoms with van der Waals surface area (Å²) in [5, 5.41) is 8.99. The number of carboxylic acids is 1. The molecule has 0 aromatic heterocycles. The Kier molecular flexibility index (Phi) is 4.21. The summed E-state index contributed by atoms with van der Waals surface area (Å²) in [6, 6.07) is 7.84. The normalized spacial score (nSPS) is 24.0. The number of hydrogen-bond acceptors (Lipinski definition) is 3. The molecule has 0 amide bonds. The van der Waals surface area contributed by atoms with E-state index in [-0.39, 0.29) is 10.9 Å². The van der Waals surface area contributed by atoms with Crippen molar-refractivity contribution in [1.82, 2.24) is 4.72 Å². The minimum absolute atomic E-state index is 0.215. The number of benzene rings is 1. The molecule has 0 spiro atoms. The molecule has 0 radical (unpaired) electrons. The lowest BCUT2D eigenvalue weighted by atomic mass is 9.86. The van der Waals surface area contributed by atoms with Crippen LogP contribution >= 0.6 is 0 Å². The molecule has 2 atom stereocenters. The van der Waals surface area contributed by atoms with Gasteiger partial charge >= 0.3 is 5.97 Å². The number of carbonyl (C=O) groups is 1. The van der Waals surface area contributed by atoms with E-state index in [2.05, 4.69) is 4.72 Å². The highest BCUT2D eigenvalue weighted by Gasteiger charge is 2.29. The first kappa shape index (κ1) is 14.0. The lowest BCUT2D eigenvalue weighted by Crippen LogP contribution is -2.39. The Morgan fingerprint density at radius 3 is 2.53 bits per heavy atom. The van der Waals surface area contributed by atoms with Crippen LogP contribution in [-0.4, -0.2) is 25.5 Å². The molecule has 0 saturated heterocycles. The van der Waals surface area contributed by atoms with E-state index in [1.807, 2.05) is 0 Å². The van der Waals surface area contributed by atoms with Gasteiger partial charge in [-0.25, -0.2) is 13.1 Å². The largest absolute Gasteiger partial charge is 0.481 e. The Labute approximate surface area is 112 Å². The molecule has 0 bridgehead atoms. The summed E-state index contributed by atoms with van der Waals surface area (Å²) < 4.78 is 26.8. The van der Waals surface area contributed by atoms with E-state index in [4.69, 9.17) is 5.11 Å². The summed E-state index contributed by atoms with van der Waals surface area (Å²) in [6.45, 7) is 0. The third-order valence-corrected chi connectivity index (χ3v) is 4.94. The topological polar surface area (TPSA) is 83.5 Å². The number of aliphatic carboxylic acids is 1. The molecule has 2 unspecified atom stereocenters. The number of nitrogens with one attached hydrogen (secondary N) is 1. The zero-order valence-electron chi connectivity index (χ0n) is 10.5. The number of rotatable bonds is 4. The Hall–Kier alpha value is -1.40. The predicted molar refractivity (Wildman–Crippen MR) is 70.1 cm³/mol. The van der Waals surface area contributed by atoms with Crippen LogP contribution in [0.2, 0.25) is 0 Å². The van der Waals surface area contributed by atoms with Gasteiger partial charge in [-0.3, -0.25) is 4.79 Å². The maximum absolute atomic E-state index is 12.1. The van der Waals surface area contributed by atoms with E-state index in [1.165, 1.54) is 12.1 Å². The Bertz CT molecular complexity index is 541. The van der Waals surface area contributed by atoms with Crippen LogP contribution in [0.25, 0.3) is 0 Å². The second-order valence-electron chi connectivity index (χ2n) is 4.83. The second-order valence-corrected chi connectivity index (χ2v) is 6.55. The molecular formula is C13H17NO4S. The SMILES string of the molecule is O=C(O)C1CCCC(NS(=O)(=O)c2ccccc2)C1. The van der Waals surface area contributed by atoms with Gasteiger partial charge in [-0.2, -0.15) is 0 Å². The van der Waals surface area contributed by atoms with Crippen LogP contribution in [0.3, 0.4) is 0 Å². The summed E-state index contributed by atoms with van der Waals surface area (Å²) >= 11 is 0. The lowest BCUT2D eigenvalue weighted by Gasteiger charge is -2.27. The van der Waals surface area contributed by atoms with Crippen molar-refractivity contribution in [2.45, 2.75) is 36.6 Å². The van der Waals surface area contributed by atoms with Gasteiger partial charge in [0.25, 0.3) is 0 Å². The van der Waals surface area contributed by atoms with Crippen molar-refractivity contribution in [2.24, 2.45) is 5.92 Å². The molecule has 19 heavy (non-hydrogen) atoms.